The molecule has 8 heteroatoms. The van der Waals surface area contributed by atoms with Gasteiger partial charge in [0.2, 0.25) is 6.17 Å². The van der Waals surface area contributed by atoms with Crippen LogP contribution < -0.4 is 15.5 Å². The molecule has 1 amide bonds. The number of nitrogens with zero attached hydrogens (tertiary/aromatic N) is 3. The van der Waals surface area contributed by atoms with Crippen LogP contribution in [0, 0.1) is 0 Å². The van der Waals surface area contributed by atoms with Gasteiger partial charge in [0.15, 0.2) is 5.11 Å². The van der Waals surface area contributed by atoms with Crippen molar-refractivity contribution in [3.63, 3.8) is 0 Å². The number of fused-ring (bicyclic) bond motifs is 2. The number of pyridine rings is 1. The number of thiocarbonyl (C=S) groups is 1. The number of aliphatic imine (C=N–C) groups is 1. The third-order valence-corrected chi connectivity index (χ3v) is 6.07. The summed E-state index contributed by atoms with van der Waals surface area (Å²) < 4.78 is 0. The Balaban J connectivity index is 1.51. The van der Waals surface area contributed by atoms with E-state index in [4.69, 9.17) is 28.8 Å². The number of nitrogens with one attached hydrogen (secondary N) is 2. The lowest BCUT2D eigenvalue weighted by Gasteiger charge is -2.22. The number of carbonyl (C=O) groups excluding carboxylic acids is 1. The van der Waals surface area contributed by atoms with Gasteiger partial charge < -0.3 is 15.5 Å². The van der Waals surface area contributed by atoms with Crippen molar-refractivity contribution in [2.24, 2.45) is 4.99 Å². The minimum atomic E-state index is -0.943. The predicted octanol–water partition coefficient (Wildman–Crippen LogP) is 5.01. The van der Waals surface area contributed by atoms with Crippen molar-refractivity contribution in [1.29, 1.82) is 0 Å². The zero-order chi connectivity index (χ0) is 23.7. The predicted molar refractivity (Wildman–Crippen MR) is 142 cm³/mol. The summed E-state index contributed by atoms with van der Waals surface area (Å²) in [6, 6.07) is 24.9. The number of carbonyl (C=O) groups is 1. The van der Waals surface area contributed by atoms with Crippen molar-refractivity contribution in [2.45, 2.75) is 6.17 Å². The molecule has 0 radical (unpaired) electrons. The second-order valence-corrected chi connectivity index (χ2v) is 8.63. The average Bonchev–Trinajstić information content (AvgIpc) is 2.95. The van der Waals surface area contributed by atoms with E-state index in [9.17, 15) is 4.79 Å². The number of likely N-dealkylation sites (N-methyl/N-ethyl adjacent to an activating group) is 1. The summed E-state index contributed by atoms with van der Waals surface area (Å²) in [4.78, 5) is 24.2. The van der Waals surface area contributed by atoms with E-state index in [1.54, 1.807) is 24.2 Å². The van der Waals surface area contributed by atoms with E-state index in [0.29, 0.717) is 16.6 Å². The van der Waals surface area contributed by atoms with Crippen molar-refractivity contribution in [1.82, 2.24) is 10.3 Å². The van der Waals surface area contributed by atoms with Gasteiger partial charge in [0, 0.05) is 34.8 Å². The lowest BCUT2D eigenvalue weighted by Crippen LogP contribution is -2.47. The Hall–Kier alpha value is -3.81. The van der Waals surface area contributed by atoms with Gasteiger partial charge in [-0.1, -0.05) is 66.2 Å². The van der Waals surface area contributed by atoms with E-state index >= 15 is 0 Å². The summed E-state index contributed by atoms with van der Waals surface area (Å²) in [6.07, 6.45) is 0.769. The topological polar surface area (TPSA) is 69.6 Å². The van der Waals surface area contributed by atoms with Gasteiger partial charge in [0.05, 0.1) is 11.4 Å². The van der Waals surface area contributed by atoms with Gasteiger partial charge in [0.25, 0.3) is 5.91 Å². The van der Waals surface area contributed by atoms with Gasteiger partial charge in [-0.05, 0) is 41.9 Å². The summed E-state index contributed by atoms with van der Waals surface area (Å²) >= 11 is 11.9. The highest BCUT2D eigenvalue weighted by Crippen LogP contribution is 2.30. The zero-order valence-corrected chi connectivity index (χ0v) is 19.8. The number of hydrogen-bond donors (Lipinski definition) is 2. The van der Waals surface area contributed by atoms with Gasteiger partial charge in [-0.15, -0.1) is 0 Å². The maximum atomic E-state index is 13.4. The number of anilines is 2. The molecule has 6 nitrogen and oxygen atoms in total. The standard InChI is InChI=1S/C26H20ClN5OS/c1-32-21-12-11-18(27)15-20(21)22(17-8-3-2-4-9-17)29-24(25(32)33)31-26(34)30-23-19-10-6-5-7-16(19)13-14-28-23/h2-15,24H,1H3,(H2,28,30,31,34). The quantitative estimate of drug-likeness (QED) is 0.399. The molecule has 1 aromatic heterocycles. The number of aromatic nitrogens is 1. The first-order valence-corrected chi connectivity index (χ1v) is 11.4. The normalized spacial score (nSPS) is 15.4. The molecule has 0 bridgehead atoms. The van der Waals surface area contributed by atoms with Crippen LogP contribution in [0.1, 0.15) is 11.1 Å². The van der Waals surface area contributed by atoms with Gasteiger partial charge >= 0.3 is 0 Å². The van der Waals surface area contributed by atoms with Gasteiger partial charge in [-0.25, -0.2) is 9.98 Å². The van der Waals surface area contributed by atoms with Crippen LogP contribution in [-0.2, 0) is 4.79 Å². The molecule has 1 atom stereocenters. The first-order chi connectivity index (χ1) is 16.5. The molecular formula is C26H20ClN5OS. The van der Waals surface area contributed by atoms with Crippen LogP contribution in [0.4, 0.5) is 11.5 Å². The van der Waals surface area contributed by atoms with E-state index < -0.39 is 6.17 Å². The lowest BCUT2D eigenvalue weighted by atomic mass is 10.0. The Morgan fingerprint density at radius 1 is 1.03 bits per heavy atom. The second-order valence-electron chi connectivity index (χ2n) is 7.78. The third-order valence-electron chi connectivity index (χ3n) is 5.62. The fourth-order valence-corrected chi connectivity index (χ4v) is 4.33. The van der Waals surface area contributed by atoms with Crippen LogP contribution in [0.3, 0.4) is 0 Å². The van der Waals surface area contributed by atoms with Crippen LogP contribution in [0.5, 0.6) is 0 Å². The molecule has 168 valence electrons. The van der Waals surface area contributed by atoms with E-state index in [1.165, 1.54) is 0 Å². The zero-order valence-electron chi connectivity index (χ0n) is 18.2. The molecule has 34 heavy (non-hydrogen) atoms. The van der Waals surface area contributed by atoms with Gasteiger partial charge in [-0.3, -0.25) is 4.79 Å². The van der Waals surface area contributed by atoms with Gasteiger partial charge in [-0.2, -0.15) is 0 Å². The lowest BCUT2D eigenvalue weighted by molar-refractivity contribution is -0.119. The fraction of sp³-hybridized carbons (Fsp3) is 0.0769. The molecule has 2 N–H and O–H groups in total. The van der Waals surface area contributed by atoms with Crippen molar-refractivity contribution < 1.29 is 4.79 Å². The monoisotopic (exact) mass is 485 g/mol. The van der Waals surface area contributed by atoms with E-state index in [-0.39, 0.29) is 11.0 Å². The molecule has 0 saturated heterocycles. The number of benzene rings is 3. The Bertz CT molecular complexity index is 1430. The van der Waals surface area contributed by atoms with Crippen LogP contribution in [0.15, 0.2) is 90.1 Å². The summed E-state index contributed by atoms with van der Waals surface area (Å²) in [5, 5.41) is 8.96. The van der Waals surface area contributed by atoms with Crippen molar-refractivity contribution in [3.8, 4) is 0 Å². The molecule has 0 aliphatic carbocycles. The van der Waals surface area contributed by atoms with Crippen molar-refractivity contribution in [2.75, 3.05) is 17.3 Å². The Kier molecular flexibility index (Phi) is 5.96. The van der Waals surface area contributed by atoms with Crippen LogP contribution in [0.25, 0.3) is 10.8 Å². The number of rotatable bonds is 3. The molecule has 0 spiro atoms. The molecule has 3 aromatic carbocycles. The van der Waals surface area contributed by atoms with E-state index in [1.807, 2.05) is 72.8 Å². The molecule has 4 aromatic rings. The van der Waals surface area contributed by atoms with Crippen LogP contribution in [-0.4, -0.2) is 34.9 Å². The third kappa shape index (κ3) is 4.23. The molecule has 2 heterocycles. The molecule has 0 fully saturated rings. The minimum Gasteiger partial charge on any atom is -0.333 e. The highest BCUT2D eigenvalue weighted by Gasteiger charge is 2.30. The van der Waals surface area contributed by atoms with E-state index in [0.717, 1.165) is 27.6 Å². The number of amides is 1. The first-order valence-electron chi connectivity index (χ1n) is 10.6. The number of halogens is 1. The smallest absolute Gasteiger partial charge is 0.272 e. The van der Waals surface area contributed by atoms with Crippen molar-refractivity contribution in [3.05, 3.63) is 101 Å². The fourth-order valence-electron chi connectivity index (χ4n) is 3.95. The summed E-state index contributed by atoms with van der Waals surface area (Å²) in [5.74, 6) is 0.358. The van der Waals surface area contributed by atoms with E-state index in [2.05, 4.69) is 15.6 Å². The summed E-state index contributed by atoms with van der Waals surface area (Å²) in [6.45, 7) is 0. The molecule has 1 unspecified atom stereocenters. The summed E-state index contributed by atoms with van der Waals surface area (Å²) in [5.41, 5.74) is 3.01. The average molecular weight is 486 g/mol. The Morgan fingerprint density at radius 3 is 2.62 bits per heavy atom. The number of benzodiazepines with no additional fused rings is 1. The Morgan fingerprint density at radius 2 is 1.79 bits per heavy atom. The highest BCUT2D eigenvalue weighted by atomic mass is 35.5. The van der Waals surface area contributed by atoms with Crippen LogP contribution in [0.2, 0.25) is 5.02 Å². The summed E-state index contributed by atoms with van der Waals surface area (Å²) in [7, 11) is 1.72. The second kappa shape index (κ2) is 9.21. The van der Waals surface area contributed by atoms with Crippen LogP contribution >= 0.6 is 23.8 Å². The molecule has 1 aliphatic heterocycles. The largest absolute Gasteiger partial charge is 0.333 e. The SMILES string of the molecule is CN1C(=O)C(NC(=S)Nc2nccc3ccccc23)N=C(c2ccccc2)c2cc(Cl)ccc21. The molecular weight excluding hydrogens is 466 g/mol. The molecule has 0 saturated carbocycles. The molecule has 5 rings (SSSR count). The minimum absolute atomic E-state index is 0.246. The highest BCUT2D eigenvalue weighted by molar-refractivity contribution is 7.80. The Labute approximate surface area is 207 Å². The molecule has 1 aliphatic rings. The maximum Gasteiger partial charge on any atom is 0.272 e. The van der Waals surface area contributed by atoms with Crippen molar-refractivity contribution >= 4 is 62.8 Å². The number of hydrogen-bond acceptors (Lipinski definition) is 4. The first kappa shape index (κ1) is 22.0. The van der Waals surface area contributed by atoms with Gasteiger partial charge in [0.1, 0.15) is 5.82 Å². The maximum absolute atomic E-state index is 13.4.